The van der Waals surface area contributed by atoms with Crippen molar-refractivity contribution in [1.82, 2.24) is 15.1 Å². The molecule has 5 nitrogen and oxygen atoms in total. The summed E-state index contributed by atoms with van der Waals surface area (Å²) in [5.74, 6) is 0.280. The first-order valence-electron chi connectivity index (χ1n) is 8.30. The standard InChI is InChI=1S/C18H24N4OS/c1-14(2)15-4-6-16(7-5-15)17(23)20-18(24)22-12-10-21(11-13-22)9-3-8-19/h4-7,14H,3,9-13H2,1-2H3,(H,20,23,24). The minimum Gasteiger partial charge on any atom is -0.346 e. The number of piperazine rings is 1. The average molecular weight is 344 g/mol. The van der Waals surface area contributed by atoms with Crippen LogP contribution in [0.4, 0.5) is 0 Å². The van der Waals surface area contributed by atoms with Crippen molar-refractivity contribution in [2.24, 2.45) is 0 Å². The second-order valence-corrected chi connectivity index (χ2v) is 6.66. The van der Waals surface area contributed by atoms with E-state index in [0.717, 1.165) is 32.7 Å². The summed E-state index contributed by atoms with van der Waals surface area (Å²) in [6.45, 7) is 8.32. The zero-order valence-electron chi connectivity index (χ0n) is 14.3. The van der Waals surface area contributed by atoms with Crippen LogP contribution in [0, 0.1) is 11.3 Å². The number of nitrogens with zero attached hydrogens (tertiary/aromatic N) is 3. The number of thiocarbonyl (C=S) groups is 1. The average Bonchev–Trinajstić information content (AvgIpc) is 2.60. The summed E-state index contributed by atoms with van der Waals surface area (Å²) in [7, 11) is 0. The van der Waals surface area contributed by atoms with Crippen molar-refractivity contribution in [2.75, 3.05) is 32.7 Å². The summed E-state index contributed by atoms with van der Waals surface area (Å²) >= 11 is 5.37. The largest absolute Gasteiger partial charge is 0.346 e. The third-order valence-corrected chi connectivity index (χ3v) is 4.62. The maximum Gasteiger partial charge on any atom is 0.257 e. The van der Waals surface area contributed by atoms with Gasteiger partial charge in [0.15, 0.2) is 5.11 Å². The lowest BCUT2D eigenvalue weighted by molar-refractivity contribution is 0.0969. The number of amides is 1. The molecule has 1 heterocycles. The highest BCUT2D eigenvalue weighted by molar-refractivity contribution is 7.80. The van der Waals surface area contributed by atoms with Crippen LogP contribution in [0.15, 0.2) is 24.3 Å². The molecule has 0 aromatic heterocycles. The van der Waals surface area contributed by atoms with Crippen LogP contribution in [0.5, 0.6) is 0 Å². The maximum absolute atomic E-state index is 12.3. The molecule has 1 aromatic rings. The molecule has 0 bridgehead atoms. The fraction of sp³-hybridized carbons (Fsp3) is 0.500. The molecular formula is C18H24N4OS. The number of carbonyl (C=O) groups is 1. The Morgan fingerprint density at radius 1 is 1.25 bits per heavy atom. The molecule has 128 valence electrons. The minimum absolute atomic E-state index is 0.165. The van der Waals surface area contributed by atoms with Gasteiger partial charge in [0.05, 0.1) is 6.07 Å². The Labute approximate surface area is 149 Å². The molecule has 6 heteroatoms. The van der Waals surface area contributed by atoms with Gasteiger partial charge in [-0.1, -0.05) is 26.0 Å². The van der Waals surface area contributed by atoms with Crippen molar-refractivity contribution in [1.29, 1.82) is 5.26 Å². The van der Waals surface area contributed by atoms with Gasteiger partial charge in [-0.3, -0.25) is 15.0 Å². The van der Waals surface area contributed by atoms with E-state index in [1.807, 2.05) is 29.2 Å². The van der Waals surface area contributed by atoms with Crippen LogP contribution in [0.25, 0.3) is 0 Å². The van der Waals surface area contributed by atoms with E-state index >= 15 is 0 Å². The lowest BCUT2D eigenvalue weighted by atomic mass is 10.0. The Morgan fingerprint density at radius 2 is 1.88 bits per heavy atom. The number of benzene rings is 1. The molecule has 1 aliphatic heterocycles. The first-order valence-corrected chi connectivity index (χ1v) is 8.71. The lowest BCUT2D eigenvalue weighted by Crippen LogP contribution is -2.52. The van der Waals surface area contributed by atoms with Gasteiger partial charge < -0.3 is 4.90 Å². The fourth-order valence-corrected chi connectivity index (χ4v) is 2.93. The second-order valence-electron chi connectivity index (χ2n) is 6.27. The smallest absolute Gasteiger partial charge is 0.257 e. The van der Waals surface area contributed by atoms with Crippen LogP contribution < -0.4 is 5.32 Å². The van der Waals surface area contributed by atoms with Gasteiger partial charge in [0, 0.05) is 44.7 Å². The highest BCUT2D eigenvalue weighted by atomic mass is 32.1. The molecule has 0 saturated carbocycles. The Bertz CT molecular complexity index is 613. The SMILES string of the molecule is CC(C)c1ccc(C(=O)NC(=S)N2CCN(CCC#N)CC2)cc1. The van der Waals surface area contributed by atoms with Crippen molar-refractivity contribution < 1.29 is 4.79 Å². The normalized spacial score (nSPS) is 15.2. The first-order chi connectivity index (χ1) is 11.5. The fourth-order valence-electron chi connectivity index (χ4n) is 2.65. The number of hydrogen-bond acceptors (Lipinski definition) is 4. The molecule has 1 N–H and O–H groups in total. The van der Waals surface area contributed by atoms with Crippen molar-refractivity contribution in [3.05, 3.63) is 35.4 Å². The number of hydrogen-bond donors (Lipinski definition) is 1. The van der Waals surface area contributed by atoms with Gasteiger partial charge in [0.2, 0.25) is 0 Å². The molecule has 0 spiro atoms. The molecule has 0 aliphatic carbocycles. The van der Waals surface area contributed by atoms with E-state index in [1.54, 1.807) is 0 Å². The van der Waals surface area contributed by atoms with E-state index in [4.69, 9.17) is 17.5 Å². The van der Waals surface area contributed by atoms with E-state index in [2.05, 4.69) is 30.1 Å². The van der Waals surface area contributed by atoms with Crippen molar-refractivity contribution in [3.63, 3.8) is 0 Å². The molecule has 1 aromatic carbocycles. The van der Waals surface area contributed by atoms with Gasteiger partial charge >= 0.3 is 0 Å². The molecule has 24 heavy (non-hydrogen) atoms. The van der Waals surface area contributed by atoms with Crippen LogP contribution in [0.1, 0.15) is 42.1 Å². The summed E-state index contributed by atoms with van der Waals surface area (Å²) in [5, 5.41) is 11.9. The monoisotopic (exact) mass is 344 g/mol. The maximum atomic E-state index is 12.3. The third-order valence-electron chi connectivity index (χ3n) is 4.26. The van der Waals surface area contributed by atoms with Crippen LogP contribution in [-0.4, -0.2) is 53.5 Å². The predicted molar refractivity (Wildman–Crippen MR) is 98.8 cm³/mol. The molecule has 1 saturated heterocycles. The summed E-state index contributed by atoms with van der Waals surface area (Å²) in [4.78, 5) is 16.6. The molecule has 1 amide bonds. The number of nitrogens with one attached hydrogen (secondary N) is 1. The zero-order valence-corrected chi connectivity index (χ0v) is 15.1. The van der Waals surface area contributed by atoms with Crippen molar-refractivity contribution in [3.8, 4) is 6.07 Å². The molecule has 1 aliphatic rings. The first kappa shape index (κ1) is 18.4. The zero-order chi connectivity index (χ0) is 17.5. The lowest BCUT2D eigenvalue weighted by Gasteiger charge is -2.35. The Morgan fingerprint density at radius 3 is 2.42 bits per heavy atom. The quantitative estimate of drug-likeness (QED) is 0.850. The summed E-state index contributed by atoms with van der Waals surface area (Å²) in [6.07, 6.45) is 0.549. The molecular weight excluding hydrogens is 320 g/mol. The summed E-state index contributed by atoms with van der Waals surface area (Å²) in [5.41, 5.74) is 1.83. The molecule has 0 unspecified atom stereocenters. The van der Waals surface area contributed by atoms with Crippen LogP contribution >= 0.6 is 12.2 Å². The second kappa shape index (κ2) is 8.76. The number of rotatable bonds is 4. The summed E-state index contributed by atoms with van der Waals surface area (Å²) < 4.78 is 0. The van der Waals surface area contributed by atoms with Gasteiger partial charge in [-0.05, 0) is 35.8 Å². The van der Waals surface area contributed by atoms with Gasteiger partial charge in [-0.15, -0.1) is 0 Å². The topological polar surface area (TPSA) is 59.4 Å². The number of nitriles is 1. The van der Waals surface area contributed by atoms with Crippen LogP contribution in [-0.2, 0) is 0 Å². The van der Waals surface area contributed by atoms with E-state index in [9.17, 15) is 4.79 Å². The van der Waals surface area contributed by atoms with E-state index in [-0.39, 0.29) is 5.91 Å². The Balaban J connectivity index is 1.84. The van der Waals surface area contributed by atoms with Gasteiger partial charge in [-0.2, -0.15) is 5.26 Å². The molecule has 0 atom stereocenters. The van der Waals surface area contributed by atoms with Gasteiger partial charge in [0.1, 0.15) is 0 Å². The predicted octanol–water partition coefficient (Wildman–Crippen LogP) is 2.36. The van der Waals surface area contributed by atoms with E-state index in [1.165, 1.54) is 5.56 Å². The highest BCUT2D eigenvalue weighted by Crippen LogP contribution is 2.14. The molecule has 0 radical (unpaired) electrons. The molecule has 2 rings (SSSR count). The van der Waals surface area contributed by atoms with Crippen LogP contribution in [0.3, 0.4) is 0 Å². The van der Waals surface area contributed by atoms with Crippen molar-refractivity contribution in [2.45, 2.75) is 26.2 Å². The third kappa shape index (κ3) is 5.02. The van der Waals surface area contributed by atoms with Crippen molar-refractivity contribution >= 4 is 23.2 Å². The highest BCUT2D eigenvalue weighted by Gasteiger charge is 2.20. The minimum atomic E-state index is -0.165. The Hall–Kier alpha value is -1.97. The van der Waals surface area contributed by atoms with Gasteiger partial charge in [-0.25, -0.2) is 0 Å². The summed E-state index contributed by atoms with van der Waals surface area (Å²) in [6, 6.07) is 9.81. The van der Waals surface area contributed by atoms with Crippen LogP contribution in [0.2, 0.25) is 0 Å². The Kier molecular flexibility index (Phi) is 6.71. The molecule has 1 fully saturated rings. The van der Waals surface area contributed by atoms with E-state index < -0.39 is 0 Å². The number of carbonyl (C=O) groups excluding carboxylic acids is 1. The van der Waals surface area contributed by atoms with Gasteiger partial charge in [0.25, 0.3) is 5.91 Å². The van der Waals surface area contributed by atoms with E-state index in [0.29, 0.717) is 23.0 Å².